The Bertz CT molecular complexity index is 1450. The smallest absolute Gasteiger partial charge is 0.245 e. The van der Waals surface area contributed by atoms with E-state index in [4.69, 9.17) is 21.1 Å². The van der Waals surface area contributed by atoms with Crippen molar-refractivity contribution in [1.82, 2.24) is 44.5 Å². The first kappa shape index (κ1) is 25.4. The molecule has 0 aliphatic rings. The van der Waals surface area contributed by atoms with Crippen molar-refractivity contribution in [2.75, 3.05) is 14.2 Å². The quantitative estimate of drug-likeness (QED) is 0.310. The Balaban J connectivity index is 1.81. The van der Waals surface area contributed by atoms with E-state index in [9.17, 15) is 8.42 Å². The second-order valence-corrected chi connectivity index (χ2v) is 10.7. The molecule has 0 radical (unpaired) electrons. The number of nitrogens with zero attached hydrogens (tertiary/aromatic N) is 9. The molecule has 4 rings (SSSR count). The summed E-state index contributed by atoms with van der Waals surface area (Å²) < 4.78 is 41.1. The predicted octanol–water partition coefficient (Wildman–Crippen LogP) is 2.03. The highest BCUT2D eigenvalue weighted by Crippen LogP contribution is 2.34. The van der Waals surface area contributed by atoms with Gasteiger partial charge < -0.3 is 9.47 Å². The highest BCUT2D eigenvalue weighted by molar-refractivity contribution is 7.91. The lowest BCUT2D eigenvalue weighted by Gasteiger charge is -2.20. The van der Waals surface area contributed by atoms with E-state index in [1.54, 1.807) is 37.8 Å². The molecule has 13 nitrogen and oxygen atoms in total. The lowest BCUT2D eigenvalue weighted by molar-refractivity contribution is 0.368. The van der Waals surface area contributed by atoms with Gasteiger partial charge in [-0.1, -0.05) is 18.5 Å². The molecule has 0 aromatic carbocycles. The number of aromatic nitrogens is 9. The average molecular weight is 534 g/mol. The summed E-state index contributed by atoms with van der Waals surface area (Å²) in [5.41, 5.74) is 0.706. The minimum atomic E-state index is -3.79. The number of methoxy groups -OCH3 is 2. The van der Waals surface area contributed by atoms with Crippen molar-refractivity contribution in [3.63, 3.8) is 0 Å². The normalized spacial score (nSPS) is 13.4. The summed E-state index contributed by atoms with van der Waals surface area (Å²) >= 11 is 5.87. The largest absolute Gasteiger partial charge is 0.479 e. The van der Waals surface area contributed by atoms with Gasteiger partial charge in [0.25, 0.3) is 0 Å². The zero-order valence-corrected chi connectivity index (χ0v) is 21.8. The second-order valence-electron chi connectivity index (χ2n) is 7.95. The molecule has 0 aliphatic heterocycles. The van der Waals surface area contributed by atoms with Gasteiger partial charge in [0.2, 0.25) is 11.8 Å². The van der Waals surface area contributed by atoms with E-state index < -0.39 is 26.8 Å². The molecular formula is C21H24ClN9O4S. The molecule has 4 aromatic heterocycles. The maximum absolute atomic E-state index is 13.5. The highest BCUT2D eigenvalue weighted by atomic mass is 35.5. The number of hydrogen-bond acceptors (Lipinski definition) is 11. The minimum absolute atomic E-state index is 0.109. The number of halogens is 1. The number of hydrogen-bond donors (Lipinski definition) is 0. The first-order valence-corrected chi connectivity index (χ1v) is 12.8. The van der Waals surface area contributed by atoms with Crippen molar-refractivity contribution in [1.29, 1.82) is 0 Å². The molecule has 0 spiro atoms. The summed E-state index contributed by atoms with van der Waals surface area (Å²) in [5.74, 6) is 0.0792. The maximum Gasteiger partial charge on any atom is 0.245 e. The van der Waals surface area contributed by atoms with Crippen LogP contribution >= 0.6 is 11.6 Å². The number of aryl methyl sites for hydroxylation is 1. The van der Waals surface area contributed by atoms with Crippen LogP contribution in [0, 0.1) is 0 Å². The molecule has 0 fully saturated rings. The zero-order chi connectivity index (χ0) is 26.0. The molecule has 0 saturated heterocycles. The average Bonchev–Trinajstić information content (AvgIpc) is 3.48. The van der Waals surface area contributed by atoms with Crippen LogP contribution in [0.3, 0.4) is 0 Å². The van der Waals surface area contributed by atoms with Gasteiger partial charge in [-0.25, -0.2) is 18.4 Å². The van der Waals surface area contributed by atoms with Crippen molar-refractivity contribution in [3.05, 3.63) is 47.7 Å². The summed E-state index contributed by atoms with van der Waals surface area (Å²) in [5, 5.41) is 12.4. The summed E-state index contributed by atoms with van der Waals surface area (Å²) in [6.07, 6.45) is 5.88. The predicted molar refractivity (Wildman–Crippen MR) is 130 cm³/mol. The molecule has 0 unspecified atom stereocenters. The SMILES string of the molecule is COc1ncnc(OC)c1-n1c(CS(=O)(=O)[C@@H](C)[C@H](C)c2ncc(Cl)cn2)nnc1-c1ccn(C)n1. The molecule has 2 atom stereocenters. The van der Waals surface area contributed by atoms with E-state index in [2.05, 4.69) is 35.2 Å². The third-order valence-electron chi connectivity index (χ3n) is 5.69. The third-order valence-corrected chi connectivity index (χ3v) is 8.08. The molecule has 0 aliphatic carbocycles. The molecule has 4 heterocycles. The number of ether oxygens (including phenoxy) is 2. The van der Waals surface area contributed by atoms with Crippen LogP contribution in [0.1, 0.15) is 31.4 Å². The fraction of sp³-hybridized carbons (Fsp3) is 0.381. The van der Waals surface area contributed by atoms with Crippen molar-refractivity contribution in [2.24, 2.45) is 7.05 Å². The maximum atomic E-state index is 13.5. The van der Waals surface area contributed by atoms with Crippen LogP contribution < -0.4 is 9.47 Å². The van der Waals surface area contributed by atoms with Crippen molar-refractivity contribution < 1.29 is 17.9 Å². The van der Waals surface area contributed by atoms with Crippen molar-refractivity contribution in [2.45, 2.75) is 30.8 Å². The molecule has 0 N–H and O–H groups in total. The van der Waals surface area contributed by atoms with E-state index >= 15 is 0 Å². The van der Waals surface area contributed by atoms with Gasteiger partial charge in [-0.2, -0.15) is 15.1 Å². The van der Waals surface area contributed by atoms with Gasteiger partial charge in [0, 0.05) is 31.6 Å². The summed E-state index contributed by atoms with van der Waals surface area (Å²) in [7, 11) is 0.832. The van der Waals surface area contributed by atoms with Crippen LogP contribution in [0.2, 0.25) is 5.02 Å². The molecule has 0 bridgehead atoms. The van der Waals surface area contributed by atoms with Gasteiger partial charge in [0.05, 0.1) is 24.5 Å². The first-order valence-electron chi connectivity index (χ1n) is 10.7. The van der Waals surface area contributed by atoms with Crippen LogP contribution in [-0.2, 0) is 22.6 Å². The highest BCUT2D eigenvalue weighted by Gasteiger charge is 2.33. The lowest BCUT2D eigenvalue weighted by atomic mass is 10.1. The fourth-order valence-electron chi connectivity index (χ4n) is 3.57. The third kappa shape index (κ3) is 4.86. The Kier molecular flexibility index (Phi) is 7.17. The van der Waals surface area contributed by atoms with E-state index in [1.165, 1.54) is 37.5 Å². The Labute approximate surface area is 212 Å². The molecule has 0 amide bonds. The van der Waals surface area contributed by atoms with Gasteiger partial charge in [-0.3, -0.25) is 9.25 Å². The Hall–Kier alpha value is -3.65. The van der Waals surface area contributed by atoms with E-state index in [-0.39, 0.29) is 29.1 Å². The molecule has 0 saturated carbocycles. The summed E-state index contributed by atoms with van der Waals surface area (Å²) in [6, 6.07) is 1.73. The number of sulfone groups is 1. The lowest BCUT2D eigenvalue weighted by Crippen LogP contribution is -2.27. The summed E-state index contributed by atoms with van der Waals surface area (Å²) in [6.45, 7) is 3.34. The van der Waals surface area contributed by atoms with Crippen molar-refractivity contribution in [3.8, 4) is 29.0 Å². The number of rotatable bonds is 9. The van der Waals surface area contributed by atoms with Gasteiger partial charge in [-0.15, -0.1) is 10.2 Å². The van der Waals surface area contributed by atoms with Crippen LogP contribution in [0.4, 0.5) is 0 Å². The van der Waals surface area contributed by atoms with Gasteiger partial charge in [0.1, 0.15) is 23.6 Å². The molecular weight excluding hydrogens is 510 g/mol. The standard InChI is InChI=1S/C21H24ClN9O4S/c1-12(18-23-8-14(22)9-24-18)13(2)36(32,33)10-16-27-28-19(15-6-7-30(3)29-15)31(16)17-20(34-4)25-11-26-21(17)35-5/h6-9,11-13H,10H2,1-5H3/t12-,13-/m0/s1. The fourth-order valence-corrected chi connectivity index (χ4v) is 5.22. The van der Waals surface area contributed by atoms with E-state index in [0.717, 1.165) is 0 Å². The zero-order valence-electron chi connectivity index (χ0n) is 20.2. The molecule has 190 valence electrons. The monoisotopic (exact) mass is 533 g/mol. The molecule has 36 heavy (non-hydrogen) atoms. The second kappa shape index (κ2) is 10.1. The summed E-state index contributed by atoms with van der Waals surface area (Å²) in [4.78, 5) is 16.7. The van der Waals surface area contributed by atoms with Crippen LogP contribution in [0.5, 0.6) is 11.8 Å². The van der Waals surface area contributed by atoms with Gasteiger partial charge in [-0.05, 0) is 13.0 Å². The topological polar surface area (TPSA) is 153 Å². The van der Waals surface area contributed by atoms with Crippen LogP contribution in [0.15, 0.2) is 31.0 Å². The molecule has 15 heteroatoms. The van der Waals surface area contributed by atoms with E-state index in [1.807, 2.05) is 0 Å². The van der Waals surface area contributed by atoms with Crippen molar-refractivity contribution >= 4 is 21.4 Å². The van der Waals surface area contributed by atoms with Crippen LogP contribution in [0.25, 0.3) is 17.2 Å². The minimum Gasteiger partial charge on any atom is -0.479 e. The first-order chi connectivity index (χ1) is 17.2. The Morgan fingerprint density at radius 2 is 1.67 bits per heavy atom. The Morgan fingerprint density at radius 1 is 1.03 bits per heavy atom. The van der Waals surface area contributed by atoms with E-state index in [0.29, 0.717) is 16.5 Å². The van der Waals surface area contributed by atoms with Crippen LogP contribution in [-0.4, -0.2) is 72.4 Å². The van der Waals surface area contributed by atoms with Gasteiger partial charge >= 0.3 is 0 Å². The van der Waals surface area contributed by atoms with Gasteiger partial charge in [0.15, 0.2) is 27.2 Å². The molecule has 4 aromatic rings. The Morgan fingerprint density at radius 3 is 2.22 bits per heavy atom.